The maximum absolute atomic E-state index is 12.1. The standard InChI is InChI=1S/C15H15N3O4S.K.H/c1-10(19)17-14-8-7-11(9-13(14)16)15(20)18-23(21,22)12-5-3-2-4-6-12;;/h2-9H,16H2,1H3,(H,17,19)(H,18,20);;. The molecule has 0 aliphatic heterocycles. The van der Waals surface area contributed by atoms with Crippen molar-refractivity contribution in [1.82, 2.24) is 4.72 Å². The van der Waals surface area contributed by atoms with E-state index in [2.05, 4.69) is 5.32 Å². The molecule has 0 saturated heterocycles. The summed E-state index contributed by atoms with van der Waals surface area (Å²) in [5.41, 5.74) is 6.31. The average Bonchev–Trinajstić information content (AvgIpc) is 2.49. The second-order valence-electron chi connectivity index (χ2n) is 4.73. The fraction of sp³-hybridized carbons (Fsp3) is 0.0667. The zero-order valence-corrected chi connectivity index (χ0v) is 13.1. The molecule has 2 rings (SSSR count). The van der Waals surface area contributed by atoms with Gasteiger partial charge in [0.25, 0.3) is 15.9 Å². The number of amides is 2. The molecule has 0 fully saturated rings. The van der Waals surface area contributed by atoms with Gasteiger partial charge in [-0.2, -0.15) is 0 Å². The van der Waals surface area contributed by atoms with E-state index in [1.807, 2.05) is 4.72 Å². The summed E-state index contributed by atoms with van der Waals surface area (Å²) >= 11 is 0. The van der Waals surface area contributed by atoms with E-state index in [0.29, 0.717) is 5.69 Å². The molecule has 0 aliphatic carbocycles. The van der Waals surface area contributed by atoms with Crippen molar-refractivity contribution in [3.05, 3.63) is 54.1 Å². The SMILES string of the molecule is CC(=O)Nc1ccc(C(=O)NS(=O)(=O)c2ccccc2)cc1N.[KH]. The van der Waals surface area contributed by atoms with Crippen LogP contribution in [0.1, 0.15) is 17.3 Å². The fourth-order valence-electron chi connectivity index (χ4n) is 1.85. The number of carbonyl (C=O) groups is 2. The summed E-state index contributed by atoms with van der Waals surface area (Å²) in [4.78, 5) is 23.1. The van der Waals surface area contributed by atoms with Crippen LogP contribution in [0.5, 0.6) is 0 Å². The molecule has 0 aliphatic rings. The summed E-state index contributed by atoms with van der Waals surface area (Å²) in [5.74, 6) is -1.12. The van der Waals surface area contributed by atoms with E-state index in [1.165, 1.54) is 37.3 Å². The van der Waals surface area contributed by atoms with E-state index >= 15 is 0 Å². The summed E-state index contributed by atoms with van der Waals surface area (Å²) in [7, 11) is -3.96. The van der Waals surface area contributed by atoms with Crippen LogP contribution in [0.3, 0.4) is 0 Å². The van der Waals surface area contributed by atoms with E-state index in [-0.39, 0.29) is 73.4 Å². The van der Waals surface area contributed by atoms with Gasteiger partial charge in [-0.3, -0.25) is 9.59 Å². The first-order chi connectivity index (χ1) is 10.8. The van der Waals surface area contributed by atoms with Crippen molar-refractivity contribution in [3.63, 3.8) is 0 Å². The van der Waals surface area contributed by atoms with Crippen molar-refractivity contribution in [2.45, 2.75) is 11.8 Å². The molecular weight excluding hydrogens is 357 g/mol. The first-order valence-corrected chi connectivity index (χ1v) is 8.07. The molecule has 0 atom stereocenters. The second kappa shape index (κ2) is 8.74. The number of carbonyl (C=O) groups excluding carboxylic acids is 2. The maximum atomic E-state index is 12.1. The summed E-state index contributed by atoms with van der Waals surface area (Å²) in [6.45, 7) is 1.33. The van der Waals surface area contributed by atoms with Crippen LogP contribution in [-0.4, -0.2) is 71.6 Å². The molecule has 0 heterocycles. The van der Waals surface area contributed by atoms with E-state index < -0.39 is 15.9 Å². The Morgan fingerprint density at radius 3 is 2.21 bits per heavy atom. The molecule has 2 amide bonds. The first-order valence-electron chi connectivity index (χ1n) is 6.59. The Balaban J connectivity index is 0.00000288. The van der Waals surface area contributed by atoms with Crippen molar-refractivity contribution in [1.29, 1.82) is 0 Å². The number of hydrogen-bond acceptors (Lipinski definition) is 5. The van der Waals surface area contributed by atoms with Gasteiger partial charge in [0.2, 0.25) is 5.91 Å². The zero-order valence-electron chi connectivity index (χ0n) is 12.2. The fourth-order valence-corrected chi connectivity index (χ4v) is 2.84. The Morgan fingerprint density at radius 2 is 1.67 bits per heavy atom. The van der Waals surface area contributed by atoms with Crippen LogP contribution in [0.2, 0.25) is 0 Å². The van der Waals surface area contributed by atoms with Crippen molar-refractivity contribution >= 4 is 84.6 Å². The van der Waals surface area contributed by atoms with Gasteiger partial charge in [0.1, 0.15) is 0 Å². The first kappa shape index (κ1) is 20.8. The van der Waals surface area contributed by atoms with E-state index in [0.717, 1.165) is 0 Å². The topological polar surface area (TPSA) is 118 Å². The minimum absolute atomic E-state index is 0. The molecule has 0 unspecified atom stereocenters. The number of nitrogens with one attached hydrogen (secondary N) is 2. The molecule has 7 nitrogen and oxygen atoms in total. The number of rotatable bonds is 4. The van der Waals surface area contributed by atoms with Gasteiger partial charge in [-0.15, -0.1) is 0 Å². The van der Waals surface area contributed by atoms with Crippen molar-refractivity contribution < 1.29 is 18.0 Å². The molecular formula is C15H16KN3O4S. The molecule has 2 aromatic rings. The van der Waals surface area contributed by atoms with Crippen LogP contribution < -0.4 is 15.8 Å². The van der Waals surface area contributed by atoms with Gasteiger partial charge in [-0.1, -0.05) is 18.2 Å². The van der Waals surface area contributed by atoms with Crippen molar-refractivity contribution in [2.75, 3.05) is 11.1 Å². The van der Waals surface area contributed by atoms with E-state index in [9.17, 15) is 18.0 Å². The Kier molecular flexibility index (Phi) is 7.58. The third-order valence-corrected chi connectivity index (χ3v) is 4.25. The molecule has 0 radical (unpaired) electrons. The van der Waals surface area contributed by atoms with E-state index in [1.54, 1.807) is 18.2 Å². The minimum atomic E-state index is -3.96. The molecule has 0 aromatic heterocycles. The van der Waals surface area contributed by atoms with Gasteiger partial charge < -0.3 is 11.1 Å². The van der Waals surface area contributed by atoms with Crippen LogP contribution >= 0.6 is 0 Å². The van der Waals surface area contributed by atoms with Gasteiger partial charge >= 0.3 is 51.4 Å². The number of nitrogens with two attached hydrogens (primary N) is 1. The van der Waals surface area contributed by atoms with Crippen LogP contribution in [-0.2, 0) is 14.8 Å². The normalized spacial score (nSPS) is 10.4. The summed E-state index contributed by atoms with van der Waals surface area (Å²) in [6, 6.07) is 11.6. The number of benzene rings is 2. The molecule has 0 saturated carbocycles. The summed E-state index contributed by atoms with van der Waals surface area (Å²) < 4.78 is 26.2. The zero-order chi connectivity index (χ0) is 17.0. The third kappa shape index (κ3) is 5.40. The van der Waals surface area contributed by atoms with Gasteiger partial charge in [0, 0.05) is 12.5 Å². The molecule has 4 N–H and O–H groups in total. The Bertz CT molecular complexity index is 854. The average molecular weight is 373 g/mol. The number of hydrogen-bond donors (Lipinski definition) is 3. The number of nitrogen functional groups attached to an aromatic ring is 1. The monoisotopic (exact) mass is 373 g/mol. The molecule has 24 heavy (non-hydrogen) atoms. The molecule has 0 spiro atoms. The van der Waals surface area contributed by atoms with Crippen LogP contribution in [0, 0.1) is 0 Å². The Morgan fingerprint density at radius 1 is 1.04 bits per heavy atom. The van der Waals surface area contributed by atoms with Gasteiger partial charge in [-0.25, -0.2) is 13.1 Å². The van der Waals surface area contributed by atoms with E-state index in [4.69, 9.17) is 5.73 Å². The Labute approximate surface area is 182 Å². The van der Waals surface area contributed by atoms with Gasteiger partial charge in [0.05, 0.1) is 16.3 Å². The number of anilines is 2. The summed E-state index contributed by atoms with van der Waals surface area (Å²) in [5, 5.41) is 2.50. The molecule has 122 valence electrons. The predicted octanol–water partition coefficient (Wildman–Crippen LogP) is 0.697. The number of sulfonamides is 1. The Hall–Kier alpha value is -1.23. The predicted molar refractivity (Wildman–Crippen MR) is 93.4 cm³/mol. The van der Waals surface area contributed by atoms with Gasteiger partial charge in [0.15, 0.2) is 0 Å². The second-order valence-corrected chi connectivity index (χ2v) is 6.41. The molecule has 9 heteroatoms. The molecule has 2 aromatic carbocycles. The summed E-state index contributed by atoms with van der Waals surface area (Å²) in [6.07, 6.45) is 0. The van der Waals surface area contributed by atoms with Crippen LogP contribution in [0.25, 0.3) is 0 Å². The van der Waals surface area contributed by atoms with Crippen molar-refractivity contribution in [3.8, 4) is 0 Å². The van der Waals surface area contributed by atoms with Crippen molar-refractivity contribution in [2.24, 2.45) is 0 Å². The quantitative estimate of drug-likeness (QED) is 0.538. The van der Waals surface area contributed by atoms with Gasteiger partial charge in [-0.05, 0) is 30.3 Å². The third-order valence-electron chi connectivity index (χ3n) is 2.91. The van der Waals surface area contributed by atoms with Crippen LogP contribution in [0.15, 0.2) is 53.4 Å². The molecule has 0 bridgehead atoms. The van der Waals surface area contributed by atoms with Crippen LogP contribution in [0.4, 0.5) is 11.4 Å².